The second kappa shape index (κ2) is 5.66. The van der Waals surface area contributed by atoms with Crippen LogP contribution in [0.4, 0.5) is 0 Å². The minimum Gasteiger partial charge on any atom is -0.271 e. The monoisotopic (exact) mass is 274 g/mol. The van der Waals surface area contributed by atoms with Crippen molar-refractivity contribution < 1.29 is 0 Å². The molecule has 0 saturated heterocycles. The van der Waals surface area contributed by atoms with Crippen molar-refractivity contribution in [2.45, 2.75) is 25.8 Å². The quantitative estimate of drug-likeness (QED) is 0.491. The standard InChI is InChI=1S/C10H15BrN2S/c1-7(2)3-4-9(13-12)10-8(11)5-6-14-10/h5-6,9,13H,1,3-4,12H2,2H3. The number of nitrogens with two attached hydrogens (primary N) is 1. The van der Waals surface area contributed by atoms with Gasteiger partial charge in [0.15, 0.2) is 0 Å². The van der Waals surface area contributed by atoms with Crippen molar-refractivity contribution in [1.29, 1.82) is 0 Å². The number of nitrogens with one attached hydrogen (secondary N) is 1. The average molecular weight is 275 g/mol. The Morgan fingerprint density at radius 3 is 2.93 bits per heavy atom. The fourth-order valence-corrected chi connectivity index (χ4v) is 2.98. The van der Waals surface area contributed by atoms with Crippen LogP contribution in [0.5, 0.6) is 0 Å². The van der Waals surface area contributed by atoms with E-state index in [1.54, 1.807) is 11.3 Å². The predicted molar refractivity (Wildman–Crippen MR) is 66.1 cm³/mol. The summed E-state index contributed by atoms with van der Waals surface area (Å²) < 4.78 is 1.13. The SMILES string of the molecule is C=C(C)CCC(NN)c1sccc1Br. The first-order chi connectivity index (χ1) is 6.65. The molecule has 0 bridgehead atoms. The first kappa shape index (κ1) is 11.9. The predicted octanol–water partition coefficient (Wildman–Crippen LogP) is 3.37. The zero-order valence-corrected chi connectivity index (χ0v) is 10.6. The Balaban J connectivity index is 2.63. The lowest BCUT2D eigenvalue weighted by Crippen LogP contribution is -2.27. The molecule has 0 aliphatic rings. The smallest absolute Gasteiger partial charge is 0.0567 e. The molecule has 1 aromatic rings. The van der Waals surface area contributed by atoms with Gasteiger partial charge in [0, 0.05) is 9.35 Å². The summed E-state index contributed by atoms with van der Waals surface area (Å²) >= 11 is 5.22. The first-order valence-electron chi connectivity index (χ1n) is 4.48. The van der Waals surface area contributed by atoms with Gasteiger partial charge >= 0.3 is 0 Å². The lowest BCUT2D eigenvalue weighted by molar-refractivity contribution is 0.522. The maximum atomic E-state index is 5.53. The maximum absolute atomic E-state index is 5.53. The number of hydrogen-bond acceptors (Lipinski definition) is 3. The normalized spacial score (nSPS) is 12.8. The van der Waals surface area contributed by atoms with Crippen molar-refractivity contribution >= 4 is 27.3 Å². The van der Waals surface area contributed by atoms with Crippen molar-refractivity contribution in [3.63, 3.8) is 0 Å². The van der Waals surface area contributed by atoms with E-state index >= 15 is 0 Å². The van der Waals surface area contributed by atoms with Gasteiger partial charge in [0.2, 0.25) is 0 Å². The summed E-state index contributed by atoms with van der Waals surface area (Å²) in [5.41, 5.74) is 4.03. The fraction of sp³-hybridized carbons (Fsp3) is 0.400. The van der Waals surface area contributed by atoms with Crippen LogP contribution in [0.2, 0.25) is 0 Å². The molecule has 0 aliphatic heterocycles. The largest absolute Gasteiger partial charge is 0.271 e. The molecule has 1 rings (SSSR count). The van der Waals surface area contributed by atoms with E-state index < -0.39 is 0 Å². The highest BCUT2D eigenvalue weighted by atomic mass is 79.9. The number of halogens is 1. The molecule has 0 radical (unpaired) electrons. The highest BCUT2D eigenvalue weighted by Gasteiger charge is 2.13. The van der Waals surface area contributed by atoms with E-state index in [-0.39, 0.29) is 6.04 Å². The molecule has 0 spiro atoms. The van der Waals surface area contributed by atoms with E-state index in [2.05, 4.69) is 33.3 Å². The molecule has 0 fully saturated rings. The Morgan fingerprint density at radius 1 is 1.79 bits per heavy atom. The highest BCUT2D eigenvalue weighted by Crippen LogP contribution is 2.31. The van der Waals surface area contributed by atoms with Crippen LogP contribution < -0.4 is 11.3 Å². The van der Waals surface area contributed by atoms with Gasteiger partial charge in [-0.15, -0.1) is 17.9 Å². The molecule has 78 valence electrons. The second-order valence-corrected chi connectivity index (χ2v) is 5.15. The van der Waals surface area contributed by atoms with Crippen molar-refractivity contribution in [2.24, 2.45) is 5.84 Å². The molecule has 0 aliphatic carbocycles. The Labute approximate surface area is 97.3 Å². The number of hydrogen-bond donors (Lipinski definition) is 2. The molecular formula is C10H15BrN2S. The molecular weight excluding hydrogens is 260 g/mol. The van der Waals surface area contributed by atoms with Crippen molar-refractivity contribution in [3.05, 3.63) is 32.9 Å². The molecule has 1 atom stereocenters. The van der Waals surface area contributed by atoms with Crippen LogP contribution in [-0.2, 0) is 0 Å². The van der Waals surface area contributed by atoms with Crippen molar-refractivity contribution in [3.8, 4) is 0 Å². The zero-order chi connectivity index (χ0) is 10.6. The molecule has 3 N–H and O–H groups in total. The van der Waals surface area contributed by atoms with Crippen LogP contribution in [0.25, 0.3) is 0 Å². The van der Waals surface area contributed by atoms with Crippen LogP contribution in [0.15, 0.2) is 28.1 Å². The molecule has 2 nitrogen and oxygen atoms in total. The van der Waals surface area contributed by atoms with Gasteiger partial charge in [-0.2, -0.15) is 0 Å². The summed E-state index contributed by atoms with van der Waals surface area (Å²) in [4.78, 5) is 1.26. The molecule has 1 aromatic heterocycles. The number of allylic oxidation sites excluding steroid dienone is 1. The van der Waals surface area contributed by atoms with Gasteiger partial charge in [-0.05, 0) is 47.1 Å². The Morgan fingerprint density at radius 2 is 2.50 bits per heavy atom. The molecule has 0 amide bonds. The number of thiophene rings is 1. The number of rotatable bonds is 5. The van der Waals surface area contributed by atoms with Gasteiger partial charge in [0.05, 0.1) is 6.04 Å². The molecule has 0 aromatic carbocycles. The summed E-state index contributed by atoms with van der Waals surface area (Å²) in [6, 6.07) is 2.27. The molecule has 4 heteroatoms. The molecule has 1 unspecified atom stereocenters. The van der Waals surface area contributed by atoms with E-state index in [9.17, 15) is 0 Å². The summed E-state index contributed by atoms with van der Waals surface area (Å²) in [5, 5.41) is 2.06. The fourth-order valence-electron chi connectivity index (χ4n) is 1.23. The van der Waals surface area contributed by atoms with Crippen molar-refractivity contribution in [2.75, 3.05) is 0 Å². The molecule has 1 heterocycles. The highest BCUT2D eigenvalue weighted by molar-refractivity contribution is 9.10. The van der Waals surface area contributed by atoms with Crippen LogP contribution in [0.3, 0.4) is 0 Å². The van der Waals surface area contributed by atoms with E-state index in [1.165, 1.54) is 10.5 Å². The van der Waals surface area contributed by atoms with Gasteiger partial charge in [-0.3, -0.25) is 11.3 Å². The molecule has 0 saturated carbocycles. The summed E-state index contributed by atoms with van der Waals surface area (Å²) in [5.74, 6) is 5.53. The summed E-state index contributed by atoms with van der Waals surface area (Å²) in [7, 11) is 0. The topological polar surface area (TPSA) is 38.0 Å². The van der Waals surface area contributed by atoms with Crippen molar-refractivity contribution in [1.82, 2.24) is 5.43 Å². The Hall–Kier alpha value is -0.160. The second-order valence-electron chi connectivity index (χ2n) is 3.35. The van der Waals surface area contributed by atoms with E-state index in [4.69, 9.17) is 5.84 Å². The van der Waals surface area contributed by atoms with E-state index in [1.807, 2.05) is 13.0 Å². The van der Waals surface area contributed by atoms with Crippen LogP contribution in [-0.4, -0.2) is 0 Å². The average Bonchev–Trinajstić information content (AvgIpc) is 2.53. The summed E-state index contributed by atoms with van der Waals surface area (Å²) in [6.45, 7) is 5.93. The zero-order valence-electron chi connectivity index (χ0n) is 8.22. The van der Waals surface area contributed by atoms with Gasteiger partial charge in [-0.1, -0.05) is 5.57 Å². The van der Waals surface area contributed by atoms with Gasteiger partial charge in [-0.25, -0.2) is 0 Å². The van der Waals surface area contributed by atoms with Crippen LogP contribution in [0, 0.1) is 0 Å². The third kappa shape index (κ3) is 3.20. The lowest BCUT2D eigenvalue weighted by atomic mass is 10.1. The first-order valence-corrected chi connectivity index (χ1v) is 6.15. The van der Waals surface area contributed by atoms with Gasteiger partial charge in [0.1, 0.15) is 0 Å². The summed E-state index contributed by atoms with van der Waals surface area (Å²) in [6.07, 6.45) is 1.99. The minimum atomic E-state index is 0.223. The van der Waals surface area contributed by atoms with Crippen LogP contribution >= 0.6 is 27.3 Å². The van der Waals surface area contributed by atoms with E-state index in [0.717, 1.165) is 17.3 Å². The van der Waals surface area contributed by atoms with Gasteiger partial charge in [0.25, 0.3) is 0 Å². The van der Waals surface area contributed by atoms with E-state index in [0.29, 0.717) is 0 Å². The number of hydrazine groups is 1. The Bertz CT molecular complexity index is 309. The van der Waals surface area contributed by atoms with Gasteiger partial charge < -0.3 is 0 Å². The Kier molecular flexibility index (Phi) is 4.81. The van der Waals surface area contributed by atoms with Crippen LogP contribution in [0.1, 0.15) is 30.7 Å². The lowest BCUT2D eigenvalue weighted by Gasteiger charge is -2.14. The minimum absolute atomic E-state index is 0.223. The third-order valence-electron chi connectivity index (χ3n) is 2.02. The molecule has 14 heavy (non-hydrogen) atoms. The maximum Gasteiger partial charge on any atom is 0.0567 e. The third-order valence-corrected chi connectivity index (χ3v) is 4.01.